The lowest BCUT2D eigenvalue weighted by Crippen LogP contribution is -2.14. The number of primary amides is 1. The first kappa shape index (κ1) is 32.0. The fourth-order valence-corrected chi connectivity index (χ4v) is 5.61. The predicted octanol–water partition coefficient (Wildman–Crippen LogP) is 7.34. The summed E-state index contributed by atoms with van der Waals surface area (Å²) in [5.74, 6) is 2.01. The van der Waals surface area contributed by atoms with Crippen LogP contribution in [0, 0.1) is 18.3 Å². The second-order valence-corrected chi connectivity index (χ2v) is 11.2. The second kappa shape index (κ2) is 15.5. The van der Waals surface area contributed by atoms with E-state index in [9.17, 15) is 10.1 Å². The van der Waals surface area contributed by atoms with Crippen molar-refractivity contribution in [3.05, 3.63) is 119 Å². The van der Waals surface area contributed by atoms with Gasteiger partial charge in [-0.2, -0.15) is 5.26 Å². The maximum atomic E-state index is 11.9. The Balaban J connectivity index is 1.10. The number of unbranched alkanes of at least 4 members (excludes halogenated alkanes) is 2. The van der Waals surface area contributed by atoms with Crippen LogP contribution in [0.5, 0.6) is 17.2 Å². The fourth-order valence-electron chi connectivity index (χ4n) is 5.61. The summed E-state index contributed by atoms with van der Waals surface area (Å²) in [6.45, 7) is 3.84. The van der Waals surface area contributed by atoms with Crippen LogP contribution in [0.4, 0.5) is 5.69 Å². The molecule has 1 aromatic heterocycles. The van der Waals surface area contributed by atoms with Gasteiger partial charge >= 0.3 is 0 Å². The number of nitriles is 1. The van der Waals surface area contributed by atoms with E-state index in [-0.39, 0.29) is 12.3 Å². The van der Waals surface area contributed by atoms with E-state index in [1.54, 1.807) is 7.11 Å². The van der Waals surface area contributed by atoms with Gasteiger partial charge < -0.3 is 29.8 Å². The molecule has 0 aliphatic rings. The molecule has 1 unspecified atom stereocenters. The van der Waals surface area contributed by atoms with Crippen LogP contribution < -0.4 is 25.3 Å². The normalized spacial score (nSPS) is 11.5. The summed E-state index contributed by atoms with van der Waals surface area (Å²) in [4.78, 5) is 11.9. The highest BCUT2D eigenvalue weighted by atomic mass is 16.5. The highest BCUT2D eigenvalue weighted by Crippen LogP contribution is 2.32. The average molecular weight is 617 g/mol. The Bertz CT molecular complexity index is 1790. The molecule has 46 heavy (non-hydrogen) atoms. The zero-order valence-corrected chi connectivity index (χ0v) is 26.4. The van der Waals surface area contributed by atoms with Crippen molar-refractivity contribution in [1.29, 1.82) is 5.26 Å². The quantitative estimate of drug-likeness (QED) is 0.112. The molecule has 0 bridgehead atoms. The molecule has 8 heteroatoms. The number of methoxy groups -OCH3 is 1. The van der Waals surface area contributed by atoms with E-state index in [0.29, 0.717) is 19.8 Å². The van der Waals surface area contributed by atoms with Crippen LogP contribution in [0.1, 0.15) is 47.7 Å². The number of anilines is 1. The molecule has 1 amide bonds. The lowest BCUT2D eigenvalue weighted by molar-refractivity contribution is -0.117. The molecule has 5 aromatic rings. The van der Waals surface area contributed by atoms with Gasteiger partial charge in [-0.1, -0.05) is 48.5 Å². The Morgan fingerprint density at radius 2 is 1.59 bits per heavy atom. The summed E-state index contributed by atoms with van der Waals surface area (Å²) in [5.41, 5.74) is 11.4. The van der Waals surface area contributed by atoms with Gasteiger partial charge in [-0.15, -0.1) is 0 Å². The van der Waals surface area contributed by atoms with Gasteiger partial charge in [-0.25, -0.2) is 0 Å². The number of carbonyl (C=O) groups excluding carboxylic acids is 1. The number of carbonyl (C=O) groups is 1. The third kappa shape index (κ3) is 7.99. The Kier molecular flexibility index (Phi) is 10.8. The number of para-hydroxylation sites is 2. The van der Waals surface area contributed by atoms with Crippen molar-refractivity contribution in [3.8, 4) is 23.3 Å². The molecule has 236 valence electrons. The maximum absolute atomic E-state index is 11.9. The van der Waals surface area contributed by atoms with Crippen molar-refractivity contribution in [2.24, 2.45) is 5.73 Å². The van der Waals surface area contributed by atoms with E-state index in [1.807, 2.05) is 97.9 Å². The average Bonchev–Trinajstić information content (AvgIpc) is 3.33. The monoisotopic (exact) mass is 616 g/mol. The number of benzene rings is 4. The van der Waals surface area contributed by atoms with Crippen LogP contribution in [0.15, 0.2) is 97.1 Å². The van der Waals surface area contributed by atoms with Crippen LogP contribution in [-0.4, -0.2) is 30.8 Å². The van der Waals surface area contributed by atoms with Crippen molar-refractivity contribution in [3.63, 3.8) is 0 Å². The van der Waals surface area contributed by atoms with Crippen molar-refractivity contribution >= 4 is 22.5 Å². The molecule has 0 saturated carbocycles. The number of ether oxygens (including phenoxy) is 3. The van der Waals surface area contributed by atoms with Crippen LogP contribution in [0.3, 0.4) is 0 Å². The summed E-state index contributed by atoms with van der Waals surface area (Å²) in [6, 6.07) is 33.3. The van der Waals surface area contributed by atoms with Crippen LogP contribution in [-0.2, 0) is 17.8 Å². The summed E-state index contributed by atoms with van der Waals surface area (Å²) in [6.07, 6.45) is 2.95. The van der Waals surface area contributed by atoms with Gasteiger partial charge in [-0.3, -0.25) is 4.79 Å². The molecule has 0 saturated heterocycles. The summed E-state index contributed by atoms with van der Waals surface area (Å²) in [7, 11) is 1.64. The van der Waals surface area contributed by atoms with E-state index in [4.69, 9.17) is 19.9 Å². The van der Waals surface area contributed by atoms with Crippen molar-refractivity contribution in [2.75, 3.05) is 25.6 Å². The zero-order chi connectivity index (χ0) is 32.3. The van der Waals surface area contributed by atoms with Gasteiger partial charge in [0, 0.05) is 27.8 Å². The van der Waals surface area contributed by atoms with E-state index in [1.165, 1.54) is 0 Å². The van der Waals surface area contributed by atoms with Gasteiger partial charge in [0.2, 0.25) is 5.91 Å². The van der Waals surface area contributed by atoms with Gasteiger partial charge in [-0.05, 0) is 85.8 Å². The van der Waals surface area contributed by atoms with Gasteiger partial charge in [0.15, 0.2) is 0 Å². The molecule has 1 heterocycles. The zero-order valence-electron chi connectivity index (χ0n) is 26.4. The molecule has 0 aliphatic heterocycles. The molecule has 8 nitrogen and oxygen atoms in total. The molecule has 1 atom stereocenters. The number of amides is 1. The molecular formula is C38H40N4O4. The minimum atomic E-state index is -0.434. The lowest BCUT2D eigenvalue weighted by Gasteiger charge is -2.15. The standard InChI is InChI=1S/C38H40N4O4/c1-27-33(24-38(40)43)34-23-32(44-2)19-20-36(34)42(27)26-29-11-7-8-14-37(29)46-22-10-4-9-21-45-31-17-15-28(16-18-31)35(25-39)41-30-12-5-3-6-13-30/h3,5-8,11-20,23,35,41H,4,9-10,21-22,24,26H2,1-2H3,(H2,40,43). The van der Waals surface area contributed by atoms with Gasteiger partial charge in [0.05, 0.1) is 39.4 Å². The summed E-state index contributed by atoms with van der Waals surface area (Å²) >= 11 is 0. The third-order valence-corrected chi connectivity index (χ3v) is 8.06. The van der Waals surface area contributed by atoms with Crippen molar-refractivity contribution in [2.45, 2.75) is 45.2 Å². The molecule has 4 aromatic carbocycles. The first-order valence-electron chi connectivity index (χ1n) is 15.6. The SMILES string of the molecule is COc1ccc2c(c1)c(CC(N)=O)c(C)n2Cc1ccccc1OCCCCCOc1ccc(C(C#N)Nc2ccccc2)cc1. The van der Waals surface area contributed by atoms with E-state index in [0.717, 1.165) is 75.5 Å². The number of aromatic nitrogens is 1. The van der Waals surface area contributed by atoms with Crippen molar-refractivity contribution < 1.29 is 19.0 Å². The number of nitrogens with zero attached hydrogens (tertiary/aromatic N) is 2. The molecular weight excluding hydrogens is 576 g/mol. The van der Waals surface area contributed by atoms with E-state index >= 15 is 0 Å². The van der Waals surface area contributed by atoms with E-state index < -0.39 is 6.04 Å². The maximum Gasteiger partial charge on any atom is 0.221 e. The summed E-state index contributed by atoms with van der Waals surface area (Å²) < 4.78 is 19.8. The molecule has 0 fully saturated rings. The van der Waals surface area contributed by atoms with Crippen LogP contribution in [0.25, 0.3) is 10.9 Å². The predicted molar refractivity (Wildman–Crippen MR) is 181 cm³/mol. The molecule has 3 N–H and O–H groups in total. The molecule has 5 rings (SSSR count). The fraction of sp³-hybridized carbons (Fsp3) is 0.263. The third-order valence-electron chi connectivity index (χ3n) is 8.06. The molecule has 0 spiro atoms. The lowest BCUT2D eigenvalue weighted by atomic mass is 10.1. The van der Waals surface area contributed by atoms with Gasteiger partial charge in [0.25, 0.3) is 0 Å². The molecule has 0 aliphatic carbocycles. The number of rotatable bonds is 16. The van der Waals surface area contributed by atoms with E-state index in [2.05, 4.69) is 22.0 Å². The topological polar surface area (TPSA) is 112 Å². The second-order valence-electron chi connectivity index (χ2n) is 11.2. The van der Waals surface area contributed by atoms with Crippen molar-refractivity contribution in [1.82, 2.24) is 4.57 Å². The molecule has 0 radical (unpaired) electrons. The Morgan fingerprint density at radius 1 is 0.891 bits per heavy atom. The first-order valence-corrected chi connectivity index (χ1v) is 15.6. The minimum Gasteiger partial charge on any atom is -0.497 e. The highest BCUT2D eigenvalue weighted by Gasteiger charge is 2.18. The number of hydrogen-bond acceptors (Lipinski definition) is 6. The Labute approximate surface area is 270 Å². The Hall–Kier alpha value is -5.42. The smallest absolute Gasteiger partial charge is 0.221 e. The van der Waals surface area contributed by atoms with Gasteiger partial charge in [0.1, 0.15) is 23.3 Å². The largest absolute Gasteiger partial charge is 0.497 e. The minimum absolute atomic E-state index is 0.170. The van der Waals surface area contributed by atoms with Crippen LogP contribution in [0.2, 0.25) is 0 Å². The number of nitrogens with one attached hydrogen (secondary N) is 1. The number of hydrogen-bond donors (Lipinski definition) is 2. The van der Waals surface area contributed by atoms with Crippen LogP contribution >= 0.6 is 0 Å². The first-order chi connectivity index (χ1) is 22.5. The number of nitrogens with two attached hydrogens (primary N) is 1. The highest BCUT2D eigenvalue weighted by molar-refractivity contribution is 5.91. The Morgan fingerprint density at radius 3 is 2.30 bits per heavy atom. The summed E-state index contributed by atoms with van der Waals surface area (Å²) in [5, 5.41) is 13.8. The number of fused-ring (bicyclic) bond motifs is 1.